The van der Waals surface area contributed by atoms with E-state index >= 15 is 0 Å². The van der Waals surface area contributed by atoms with E-state index in [2.05, 4.69) is 4.18 Å². The summed E-state index contributed by atoms with van der Waals surface area (Å²) in [6.07, 6.45) is 3.68. The Morgan fingerprint density at radius 3 is 2.36 bits per heavy atom. The van der Waals surface area contributed by atoms with Gasteiger partial charge in [-0.25, -0.2) is 0 Å². The van der Waals surface area contributed by atoms with Crippen LogP contribution in [0.4, 0.5) is 13.2 Å². The van der Waals surface area contributed by atoms with Crippen LogP contribution in [-0.4, -0.2) is 13.9 Å². The fraction of sp³-hybridized carbons (Fsp3) is 0.714. The summed E-state index contributed by atoms with van der Waals surface area (Å²) in [6.45, 7) is 0. The number of allylic oxidation sites excluding steroid dienone is 2. The molecule has 0 unspecified atom stereocenters. The van der Waals surface area contributed by atoms with Gasteiger partial charge in [0.2, 0.25) is 0 Å². The van der Waals surface area contributed by atoms with Crippen molar-refractivity contribution < 1.29 is 25.8 Å². The highest BCUT2D eigenvalue weighted by atomic mass is 32.2. The van der Waals surface area contributed by atoms with E-state index < -0.39 is 15.6 Å². The van der Waals surface area contributed by atoms with E-state index in [1.165, 1.54) is 6.08 Å². The van der Waals surface area contributed by atoms with E-state index in [4.69, 9.17) is 0 Å². The lowest BCUT2D eigenvalue weighted by molar-refractivity contribution is -0.0524. The van der Waals surface area contributed by atoms with Gasteiger partial charge in [-0.15, -0.1) is 0 Å². The number of hydrogen-bond acceptors (Lipinski definition) is 3. The molecule has 0 atom stereocenters. The van der Waals surface area contributed by atoms with Crippen molar-refractivity contribution in [1.82, 2.24) is 0 Å². The van der Waals surface area contributed by atoms with Crippen LogP contribution in [0, 0.1) is 0 Å². The van der Waals surface area contributed by atoms with Crippen molar-refractivity contribution in [2.75, 3.05) is 0 Å². The van der Waals surface area contributed by atoms with E-state index in [0.717, 1.165) is 6.42 Å². The first-order valence-electron chi connectivity index (χ1n) is 4.03. The Bertz CT molecular complexity index is 329. The van der Waals surface area contributed by atoms with Crippen molar-refractivity contribution in [3.05, 3.63) is 11.8 Å². The number of alkyl halides is 3. The summed E-state index contributed by atoms with van der Waals surface area (Å²) in [5, 5.41) is 0. The molecule has 0 spiro atoms. The Labute approximate surface area is 79.7 Å². The van der Waals surface area contributed by atoms with Crippen LogP contribution in [0.25, 0.3) is 0 Å². The summed E-state index contributed by atoms with van der Waals surface area (Å²) in [6, 6.07) is 0. The van der Waals surface area contributed by atoms with Gasteiger partial charge in [0.1, 0.15) is 5.76 Å². The Balaban J connectivity index is 2.73. The topological polar surface area (TPSA) is 43.4 Å². The van der Waals surface area contributed by atoms with Gasteiger partial charge in [-0.3, -0.25) is 0 Å². The first-order chi connectivity index (χ1) is 6.33. The van der Waals surface area contributed by atoms with Crippen LogP contribution in [0.2, 0.25) is 0 Å². The molecule has 0 aliphatic heterocycles. The lowest BCUT2D eigenvalue weighted by Crippen LogP contribution is -2.25. The molecule has 82 valence electrons. The van der Waals surface area contributed by atoms with Crippen molar-refractivity contribution in [3.63, 3.8) is 0 Å². The van der Waals surface area contributed by atoms with Gasteiger partial charge in [-0.2, -0.15) is 21.6 Å². The van der Waals surface area contributed by atoms with Gasteiger partial charge in [0.15, 0.2) is 0 Å². The molecule has 14 heavy (non-hydrogen) atoms. The third kappa shape index (κ3) is 2.63. The zero-order valence-electron chi connectivity index (χ0n) is 7.17. The quantitative estimate of drug-likeness (QED) is 0.540. The molecule has 3 nitrogen and oxygen atoms in total. The molecular weight excluding hydrogens is 221 g/mol. The van der Waals surface area contributed by atoms with Crippen LogP contribution >= 0.6 is 0 Å². The normalized spacial score (nSPS) is 18.9. The van der Waals surface area contributed by atoms with E-state index in [0.29, 0.717) is 12.8 Å². The summed E-state index contributed by atoms with van der Waals surface area (Å²) in [7, 11) is -5.47. The molecule has 0 N–H and O–H groups in total. The zero-order valence-corrected chi connectivity index (χ0v) is 7.99. The second-order valence-electron chi connectivity index (χ2n) is 2.90. The Kier molecular flexibility index (Phi) is 3.08. The number of hydrogen-bond donors (Lipinski definition) is 0. The van der Waals surface area contributed by atoms with Gasteiger partial charge >= 0.3 is 15.6 Å². The maximum Gasteiger partial charge on any atom is 0.534 e. The second kappa shape index (κ2) is 3.80. The minimum absolute atomic E-state index is 0.103. The molecule has 1 aliphatic rings. The average molecular weight is 230 g/mol. The average Bonchev–Trinajstić information content (AvgIpc) is 2.03. The molecule has 0 saturated heterocycles. The highest BCUT2D eigenvalue weighted by Gasteiger charge is 2.48. The van der Waals surface area contributed by atoms with Crippen molar-refractivity contribution >= 4 is 10.1 Å². The van der Waals surface area contributed by atoms with Crippen LogP contribution < -0.4 is 0 Å². The van der Waals surface area contributed by atoms with Crippen LogP contribution in [0.1, 0.15) is 25.7 Å². The predicted molar refractivity (Wildman–Crippen MR) is 42.6 cm³/mol. The standard InChI is InChI=1S/C7H9F3O3S/c8-7(9,10)14(11,12)13-6-4-2-1-3-5-6/h4H,1-3,5H2. The Morgan fingerprint density at radius 2 is 1.93 bits per heavy atom. The number of halogens is 3. The van der Waals surface area contributed by atoms with Crippen molar-refractivity contribution in [1.29, 1.82) is 0 Å². The Morgan fingerprint density at radius 1 is 1.29 bits per heavy atom. The SMILES string of the molecule is O=S(=O)(OC1=CCCCC1)C(F)(F)F. The molecule has 1 rings (SSSR count). The molecule has 0 bridgehead atoms. The summed E-state index contributed by atoms with van der Waals surface area (Å²) >= 11 is 0. The maximum absolute atomic E-state index is 11.8. The van der Waals surface area contributed by atoms with E-state index in [9.17, 15) is 21.6 Å². The van der Waals surface area contributed by atoms with Gasteiger partial charge in [0.05, 0.1) is 0 Å². The zero-order chi connectivity index (χ0) is 10.8. The highest BCUT2D eigenvalue weighted by molar-refractivity contribution is 7.87. The molecule has 0 amide bonds. The fourth-order valence-electron chi connectivity index (χ4n) is 1.07. The van der Waals surface area contributed by atoms with Crippen LogP contribution in [0.5, 0.6) is 0 Å². The van der Waals surface area contributed by atoms with Gasteiger partial charge in [0.25, 0.3) is 0 Å². The van der Waals surface area contributed by atoms with E-state index in [1.54, 1.807) is 0 Å². The molecule has 0 radical (unpaired) electrons. The first-order valence-corrected chi connectivity index (χ1v) is 5.43. The highest BCUT2D eigenvalue weighted by Crippen LogP contribution is 2.29. The minimum atomic E-state index is -5.47. The summed E-state index contributed by atoms with van der Waals surface area (Å²) in [5.74, 6) is -0.103. The monoisotopic (exact) mass is 230 g/mol. The molecule has 0 saturated carbocycles. The smallest absolute Gasteiger partial charge is 0.381 e. The van der Waals surface area contributed by atoms with Gasteiger partial charge < -0.3 is 4.18 Å². The van der Waals surface area contributed by atoms with Crippen LogP contribution in [-0.2, 0) is 14.3 Å². The van der Waals surface area contributed by atoms with Crippen molar-refractivity contribution in [3.8, 4) is 0 Å². The largest absolute Gasteiger partial charge is 0.534 e. The van der Waals surface area contributed by atoms with Gasteiger partial charge in [-0.05, 0) is 25.3 Å². The maximum atomic E-state index is 11.8. The third-order valence-electron chi connectivity index (χ3n) is 1.75. The number of rotatable bonds is 2. The molecule has 1 aliphatic carbocycles. The first kappa shape index (κ1) is 11.4. The molecule has 7 heteroatoms. The summed E-state index contributed by atoms with van der Waals surface area (Å²) in [4.78, 5) is 0. The summed E-state index contributed by atoms with van der Waals surface area (Å²) in [5.41, 5.74) is -5.34. The van der Waals surface area contributed by atoms with Crippen molar-refractivity contribution in [2.24, 2.45) is 0 Å². The van der Waals surface area contributed by atoms with Crippen molar-refractivity contribution in [2.45, 2.75) is 31.2 Å². The lowest BCUT2D eigenvalue weighted by atomic mass is 10.1. The molecule has 0 aromatic carbocycles. The van der Waals surface area contributed by atoms with Gasteiger partial charge in [0, 0.05) is 6.42 Å². The summed E-state index contributed by atoms with van der Waals surface area (Å²) < 4.78 is 60.6. The molecule has 0 aromatic heterocycles. The predicted octanol–water partition coefficient (Wildman–Crippen LogP) is 2.31. The molecule has 0 fully saturated rings. The third-order valence-corrected chi connectivity index (χ3v) is 2.75. The van der Waals surface area contributed by atoms with Gasteiger partial charge in [-0.1, -0.05) is 0 Å². The Hall–Kier alpha value is -0.720. The molecular formula is C7H9F3O3S. The van der Waals surface area contributed by atoms with Crippen LogP contribution in [0.15, 0.2) is 11.8 Å². The van der Waals surface area contributed by atoms with E-state index in [1.807, 2.05) is 0 Å². The van der Waals surface area contributed by atoms with E-state index in [-0.39, 0.29) is 12.2 Å². The fourth-order valence-corrected chi connectivity index (χ4v) is 1.60. The molecule has 0 aromatic rings. The second-order valence-corrected chi connectivity index (χ2v) is 4.44. The molecule has 0 heterocycles. The van der Waals surface area contributed by atoms with Crippen LogP contribution in [0.3, 0.4) is 0 Å². The minimum Gasteiger partial charge on any atom is -0.381 e. The lowest BCUT2D eigenvalue weighted by Gasteiger charge is -2.14.